The van der Waals surface area contributed by atoms with Gasteiger partial charge in [-0.25, -0.2) is 9.78 Å². The van der Waals surface area contributed by atoms with Crippen LogP contribution in [0.4, 0.5) is 5.82 Å². The third-order valence-electron chi connectivity index (χ3n) is 1.94. The van der Waals surface area contributed by atoms with Gasteiger partial charge in [0, 0.05) is 6.20 Å². The molecule has 6 heteroatoms. The molecule has 1 rings (SSSR count). The van der Waals surface area contributed by atoms with Crippen molar-refractivity contribution in [3.05, 3.63) is 23.9 Å². The molecule has 0 saturated heterocycles. The van der Waals surface area contributed by atoms with E-state index >= 15 is 0 Å². The lowest BCUT2D eigenvalue weighted by Gasteiger charge is -2.12. The topological polar surface area (TPSA) is 88.5 Å². The van der Waals surface area contributed by atoms with Crippen LogP contribution in [-0.4, -0.2) is 35.2 Å². The summed E-state index contributed by atoms with van der Waals surface area (Å²) >= 11 is 0. The molecule has 0 radical (unpaired) electrons. The van der Waals surface area contributed by atoms with Crippen LogP contribution in [0.1, 0.15) is 17.3 Å². The van der Waals surface area contributed by atoms with Crippen molar-refractivity contribution in [3.8, 4) is 0 Å². The molecule has 86 valence electrons. The molecule has 1 aromatic heterocycles. The van der Waals surface area contributed by atoms with Gasteiger partial charge in [-0.15, -0.1) is 0 Å². The largest absolute Gasteiger partial charge is 0.480 e. The number of esters is 1. The molecule has 0 amide bonds. The zero-order chi connectivity index (χ0) is 12.1. The van der Waals surface area contributed by atoms with E-state index in [0.29, 0.717) is 0 Å². The summed E-state index contributed by atoms with van der Waals surface area (Å²) in [5, 5.41) is 11.3. The number of carbonyl (C=O) groups excluding carboxylic acids is 1. The van der Waals surface area contributed by atoms with E-state index in [4.69, 9.17) is 5.11 Å². The van der Waals surface area contributed by atoms with Gasteiger partial charge < -0.3 is 15.2 Å². The number of rotatable bonds is 4. The number of nitrogens with one attached hydrogen (secondary N) is 1. The second-order valence-electron chi connectivity index (χ2n) is 3.10. The van der Waals surface area contributed by atoms with E-state index in [9.17, 15) is 9.59 Å². The van der Waals surface area contributed by atoms with E-state index < -0.39 is 18.0 Å². The van der Waals surface area contributed by atoms with Crippen LogP contribution in [0.3, 0.4) is 0 Å². The predicted octanol–water partition coefficient (Wildman–Crippen LogP) is 0.753. The van der Waals surface area contributed by atoms with Crippen LogP contribution < -0.4 is 5.32 Å². The Hall–Kier alpha value is -2.11. The van der Waals surface area contributed by atoms with E-state index in [1.165, 1.54) is 26.3 Å². The van der Waals surface area contributed by atoms with E-state index in [1.807, 2.05) is 0 Å². The lowest BCUT2D eigenvalue weighted by Crippen LogP contribution is -2.27. The van der Waals surface area contributed by atoms with Crippen LogP contribution in [0.15, 0.2) is 18.3 Å². The Morgan fingerprint density at radius 3 is 2.81 bits per heavy atom. The van der Waals surface area contributed by atoms with Gasteiger partial charge >= 0.3 is 11.9 Å². The second-order valence-corrected chi connectivity index (χ2v) is 3.10. The number of nitrogens with zero attached hydrogens (tertiary/aromatic N) is 1. The van der Waals surface area contributed by atoms with Gasteiger partial charge in [0.1, 0.15) is 17.4 Å². The van der Waals surface area contributed by atoms with Gasteiger partial charge in [0.05, 0.1) is 7.11 Å². The maximum Gasteiger partial charge on any atom is 0.341 e. The number of aliphatic carboxylic acids is 1. The van der Waals surface area contributed by atoms with Crippen molar-refractivity contribution in [2.45, 2.75) is 13.0 Å². The first-order valence-corrected chi connectivity index (χ1v) is 4.59. The fourth-order valence-electron chi connectivity index (χ4n) is 1.06. The highest BCUT2D eigenvalue weighted by atomic mass is 16.5. The summed E-state index contributed by atoms with van der Waals surface area (Å²) in [6.45, 7) is 1.46. The van der Waals surface area contributed by atoms with E-state index in [1.54, 1.807) is 6.07 Å². The van der Waals surface area contributed by atoms with Crippen LogP contribution in [0.25, 0.3) is 0 Å². The molecule has 1 aromatic rings. The Labute approximate surface area is 92.3 Å². The molecule has 1 unspecified atom stereocenters. The molecular formula is C10H12N2O4. The number of hydrogen-bond donors (Lipinski definition) is 2. The highest BCUT2D eigenvalue weighted by molar-refractivity contribution is 5.95. The molecular weight excluding hydrogens is 212 g/mol. The fourth-order valence-corrected chi connectivity index (χ4v) is 1.06. The van der Waals surface area contributed by atoms with Crippen molar-refractivity contribution >= 4 is 17.8 Å². The highest BCUT2D eigenvalue weighted by Gasteiger charge is 2.17. The van der Waals surface area contributed by atoms with Gasteiger partial charge in [-0.2, -0.15) is 0 Å². The van der Waals surface area contributed by atoms with Crippen molar-refractivity contribution in [1.29, 1.82) is 0 Å². The van der Waals surface area contributed by atoms with Gasteiger partial charge in [-0.05, 0) is 19.1 Å². The van der Waals surface area contributed by atoms with Crippen LogP contribution in [0.2, 0.25) is 0 Å². The molecule has 16 heavy (non-hydrogen) atoms. The normalized spacial score (nSPS) is 11.6. The molecule has 0 bridgehead atoms. The maximum absolute atomic E-state index is 11.3. The number of hydrogen-bond acceptors (Lipinski definition) is 5. The number of ether oxygens (including phenoxy) is 1. The minimum Gasteiger partial charge on any atom is -0.480 e. The lowest BCUT2D eigenvalue weighted by molar-refractivity contribution is -0.137. The molecule has 0 spiro atoms. The summed E-state index contributed by atoms with van der Waals surface area (Å²) in [6, 6.07) is 2.25. The molecule has 6 nitrogen and oxygen atoms in total. The van der Waals surface area contributed by atoms with Gasteiger partial charge in [-0.3, -0.25) is 4.79 Å². The Bertz CT molecular complexity index is 406. The molecule has 0 aliphatic rings. The molecule has 2 N–H and O–H groups in total. The fraction of sp³-hybridized carbons (Fsp3) is 0.300. The van der Waals surface area contributed by atoms with Crippen molar-refractivity contribution in [2.75, 3.05) is 12.4 Å². The zero-order valence-corrected chi connectivity index (χ0v) is 8.93. The average Bonchev–Trinajstić information content (AvgIpc) is 2.28. The number of carboxylic acid groups (broad SMARTS) is 1. The maximum atomic E-state index is 11.3. The number of aromatic nitrogens is 1. The molecule has 0 saturated carbocycles. The summed E-state index contributed by atoms with van der Waals surface area (Å²) < 4.78 is 4.55. The van der Waals surface area contributed by atoms with Crippen molar-refractivity contribution < 1.29 is 19.4 Å². The summed E-state index contributed by atoms with van der Waals surface area (Å²) in [4.78, 5) is 25.9. The zero-order valence-electron chi connectivity index (χ0n) is 8.93. The Morgan fingerprint density at radius 1 is 1.56 bits per heavy atom. The number of pyridine rings is 1. The van der Waals surface area contributed by atoms with Gasteiger partial charge in [0.25, 0.3) is 0 Å². The third kappa shape index (κ3) is 2.69. The van der Waals surface area contributed by atoms with Crippen LogP contribution >= 0.6 is 0 Å². The molecule has 0 aromatic carbocycles. The molecule has 0 aliphatic carbocycles. The number of carbonyl (C=O) groups is 2. The van der Waals surface area contributed by atoms with Crippen LogP contribution in [-0.2, 0) is 9.53 Å². The third-order valence-corrected chi connectivity index (χ3v) is 1.94. The summed E-state index contributed by atoms with van der Waals surface area (Å²) in [5.41, 5.74) is 0.207. The molecule has 0 fully saturated rings. The van der Waals surface area contributed by atoms with Gasteiger partial charge in [-0.1, -0.05) is 0 Å². The summed E-state index contributed by atoms with van der Waals surface area (Å²) in [6.07, 6.45) is 1.46. The summed E-state index contributed by atoms with van der Waals surface area (Å²) in [7, 11) is 1.25. The predicted molar refractivity (Wildman–Crippen MR) is 56.3 cm³/mol. The first kappa shape index (κ1) is 12.0. The monoisotopic (exact) mass is 224 g/mol. The number of methoxy groups -OCH3 is 1. The average molecular weight is 224 g/mol. The Morgan fingerprint density at radius 2 is 2.25 bits per heavy atom. The van der Waals surface area contributed by atoms with E-state index in [2.05, 4.69) is 15.0 Å². The van der Waals surface area contributed by atoms with Crippen LogP contribution in [0.5, 0.6) is 0 Å². The first-order chi connectivity index (χ1) is 7.56. The van der Waals surface area contributed by atoms with Crippen molar-refractivity contribution in [1.82, 2.24) is 4.98 Å². The SMILES string of the molecule is COC(=O)c1cccnc1NC(C)C(=O)O. The molecule has 1 atom stereocenters. The number of carboxylic acids is 1. The summed E-state index contributed by atoms with van der Waals surface area (Å²) in [5.74, 6) is -1.39. The Balaban J connectivity index is 2.95. The Kier molecular flexibility index (Phi) is 3.82. The van der Waals surface area contributed by atoms with E-state index in [0.717, 1.165) is 0 Å². The molecule has 1 heterocycles. The highest BCUT2D eigenvalue weighted by Crippen LogP contribution is 2.13. The van der Waals surface area contributed by atoms with E-state index in [-0.39, 0.29) is 11.4 Å². The molecule has 0 aliphatic heterocycles. The quantitative estimate of drug-likeness (QED) is 0.734. The first-order valence-electron chi connectivity index (χ1n) is 4.59. The van der Waals surface area contributed by atoms with Gasteiger partial charge in [0.2, 0.25) is 0 Å². The van der Waals surface area contributed by atoms with Crippen molar-refractivity contribution in [2.24, 2.45) is 0 Å². The lowest BCUT2D eigenvalue weighted by atomic mass is 10.2. The standard InChI is InChI=1S/C10H12N2O4/c1-6(9(13)14)12-8-7(10(15)16-2)4-3-5-11-8/h3-6H,1-2H3,(H,11,12)(H,13,14). The second kappa shape index (κ2) is 5.11. The smallest absolute Gasteiger partial charge is 0.341 e. The minimum atomic E-state index is -1.03. The minimum absolute atomic E-state index is 0.198. The van der Waals surface area contributed by atoms with Gasteiger partial charge in [0.15, 0.2) is 0 Å². The number of anilines is 1. The van der Waals surface area contributed by atoms with Crippen molar-refractivity contribution in [3.63, 3.8) is 0 Å². The van der Waals surface area contributed by atoms with Crippen LogP contribution in [0, 0.1) is 0 Å².